The summed E-state index contributed by atoms with van der Waals surface area (Å²) in [5.41, 5.74) is 3.18. The van der Waals surface area contributed by atoms with Crippen LogP contribution in [-0.2, 0) is 0 Å². The lowest BCUT2D eigenvalue weighted by Gasteiger charge is -1.95. The summed E-state index contributed by atoms with van der Waals surface area (Å²) in [6.07, 6.45) is 3.72. The molecule has 3 nitrogen and oxygen atoms in total. The summed E-state index contributed by atoms with van der Waals surface area (Å²) in [7, 11) is 0. The van der Waals surface area contributed by atoms with Gasteiger partial charge in [0.25, 0.3) is 0 Å². The maximum atomic E-state index is 4.19. The number of hydrogen-bond acceptors (Lipinski definition) is 3. The van der Waals surface area contributed by atoms with Crippen LogP contribution in [0.4, 0.5) is 0 Å². The monoisotopic (exact) mass is 201 g/mol. The summed E-state index contributed by atoms with van der Waals surface area (Å²) in [6, 6.07) is 8.29. The van der Waals surface area contributed by atoms with Crippen molar-refractivity contribution in [1.29, 1.82) is 0 Å². The molecule has 0 unspecified atom stereocenters. The molecule has 3 aromatic rings. The zero-order chi connectivity index (χ0) is 9.38. The molecule has 0 aliphatic rings. The van der Waals surface area contributed by atoms with Crippen LogP contribution in [-0.4, -0.2) is 13.7 Å². The second-order valence-electron chi connectivity index (χ2n) is 3.07. The lowest BCUT2D eigenvalue weighted by molar-refractivity contribution is 1.46. The number of aromatic amines is 1. The first-order valence-electron chi connectivity index (χ1n) is 4.28. The molecule has 0 bridgehead atoms. The Bertz CT molecular complexity index is 554. The highest BCUT2D eigenvalue weighted by Gasteiger charge is 2.02. The molecule has 0 aliphatic heterocycles. The summed E-state index contributed by atoms with van der Waals surface area (Å²) in [6.45, 7) is 0. The van der Waals surface area contributed by atoms with Crippen molar-refractivity contribution >= 4 is 22.6 Å². The number of nitrogens with one attached hydrogen (secondary N) is 1. The van der Waals surface area contributed by atoms with E-state index in [9.17, 15) is 0 Å². The van der Waals surface area contributed by atoms with Crippen molar-refractivity contribution in [3.63, 3.8) is 0 Å². The van der Waals surface area contributed by atoms with Crippen molar-refractivity contribution in [3.05, 3.63) is 36.7 Å². The smallest absolute Gasteiger partial charge is 0.104 e. The SMILES string of the molecule is c1cc2ccc(-c3cnsn3)cc2[nH]1. The van der Waals surface area contributed by atoms with E-state index in [0.717, 1.165) is 16.8 Å². The number of benzene rings is 1. The Kier molecular flexibility index (Phi) is 1.61. The molecular formula is C10H7N3S. The Morgan fingerprint density at radius 2 is 2.21 bits per heavy atom. The summed E-state index contributed by atoms with van der Waals surface area (Å²) >= 11 is 1.23. The molecule has 1 N–H and O–H groups in total. The number of aromatic nitrogens is 3. The average molecular weight is 201 g/mol. The molecule has 68 valence electrons. The predicted octanol–water partition coefficient (Wildman–Crippen LogP) is 2.69. The molecule has 14 heavy (non-hydrogen) atoms. The van der Waals surface area contributed by atoms with E-state index in [2.05, 4.69) is 38.0 Å². The van der Waals surface area contributed by atoms with Crippen molar-refractivity contribution in [1.82, 2.24) is 13.7 Å². The Morgan fingerprint density at radius 3 is 3.07 bits per heavy atom. The molecular weight excluding hydrogens is 194 g/mol. The Morgan fingerprint density at radius 1 is 1.21 bits per heavy atom. The van der Waals surface area contributed by atoms with Gasteiger partial charge in [-0.1, -0.05) is 12.1 Å². The number of nitrogens with zero attached hydrogens (tertiary/aromatic N) is 2. The van der Waals surface area contributed by atoms with Gasteiger partial charge in [-0.2, -0.15) is 8.75 Å². The van der Waals surface area contributed by atoms with Crippen LogP contribution in [0.1, 0.15) is 0 Å². The minimum absolute atomic E-state index is 0.937. The molecule has 0 radical (unpaired) electrons. The molecule has 2 aromatic heterocycles. The third-order valence-electron chi connectivity index (χ3n) is 2.21. The van der Waals surface area contributed by atoms with Gasteiger partial charge in [-0.3, -0.25) is 0 Å². The second-order valence-corrected chi connectivity index (χ2v) is 3.63. The Hall–Kier alpha value is -1.68. The summed E-state index contributed by atoms with van der Waals surface area (Å²) in [4.78, 5) is 3.18. The quantitative estimate of drug-likeness (QED) is 0.657. The number of rotatable bonds is 1. The largest absolute Gasteiger partial charge is 0.361 e. The summed E-state index contributed by atoms with van der Waals surface area (Å²) < 4.78 is 8.18. The molecule has 0 fully saturated rings. The third kappa shape index (κ3) is 1.12. The van der Waals surface area contributed by atoms with Crippen LogP contribution in [0.15, 0.2) is 36.7 Å². The van der Waals surface area contributed by atoms with Crippen LogP contribution in [0.2, 0.25) is 0 Å². The number of hydrogen-bond donors (Lipinski definition) is 1. The predicted molar refractivity (Wildman–Crippen MR) is 57.2 cm³/mol. The lowest BCUT2D eigenvalue weighted by Crippen LogP contribution is -1.76. The highest BCUT2D eigenvalue weighted by Crippen LogP contribution is 2.21. The molecule has 0 saturated carbocycles. The molecule has 0 amide bonds. The Labute approximate surface area is 84.7 Å². The second kappa shape index (κ2) is 2.92. The molecule has 2 heterocycles. The van der Waals surface area contributed by atoms with Crippen molar-refractivity contribution in [2.45, 2.75) is 0 Å². The normalized spacial score (nSPS) is 10.9. The Balaban J connectivity index is 2.23. The maximum Gasteiger partial charge on any atom is 0.104 e. The fourth-order valence-corrected chi connectivity index (χ4v) is 1.93. The number of fused-ring (bicyclic) bond motifs is 1. The zero-order valence-corrected chi connectivity index (χ0v) is 8.08. The molecule has 0 atom stereocenters. The highest BCUT2D eigenvalue weighted by atomic mass is 32.1. The van der Waals surface area contributed by atoms with Crippen LogP contribution in [0.25, 0.3) is 22.2 Å². The fourth-order valence-electron chi connectivity index (χ4n) is 1.50. The third-order valence-corrected chi connectivity index (χ3v) is 2.69. The standard InChI is InChI=1S/C10H7N3S/c1-2-8(10-6-12-14-13-10)5-9-7(1)3-4-11-9/h1-6,11H. The first-order chi connectivity index (χ1) is 6.93. The molecule has 1 aromatic carbocycles. The van der Waals surface area contributed by atoms with Crippen molar-refractivity contribution < 1.29 is 0 Å². The van der Waals surface area contributed by atoms with E-state index in [0.29, 0.717) is 0 Å². The zero-order valence-electron chi connectivity index (χ0n) is 7.27. The number of H-pyrrole nitrogens is 1. The van der Waals surface area contributed by atoms with Crippen molar-refractivity contribution in [2.24, 2.45) is 0 Å². The summed E-state index contributed by atoms with van der Waals surface area (Å²) in [5.74, 6) is 0. The topological polar surface area (TPSA) is 41.6 Å². The van der Waals surface area contributed by atoms with Gasteiger partial charge in [0.1, 0.15) is 5.69 Å². The van der Waals surface area contributed by atoms with E-state index in [1.165, 1.54) is 17.1 Å². The van der Waals surface area contributed by atoms with Crippen molar-refractivity contribution in [3.8, 4) is 11.3 Å². The first-order valence-corrected chi connectivity index (χ1v) is 5.01. The molecule has 0 saturated heterocycles. The van der Waals surface area contributed by atoms with Gasteiger partial charge in [-0.05, 0) is 17.5 Å². The molecule has 4 heteroatoms. The van der Waals surface area contributed by atoms with Gasteiger partial charge in [0, 0.05) is 17.3 Å². The molecule has 0 spiro atoms. The van der Waals surface area contributed by atoms with E-state index >= 15 is 0 Å². The minimum Gasteiger partial charge on any atom is -0.361 e. The van der Waals surface area contributed by atoms with E-state index in [1.54, 1.807) is 6.20 Å². The maximum absolute atomic E-state index is 4.19. The van der Waals surface area contributed by atoms with Gasteiger partial charge in [-0.25, -0.2) is 0 Å². The highest BCUT2D eigenvalue weighted by molar-refractivity contribution is 6.99. The first kappa shape index (κ1) is 7.70. The van der Waals surface area contributed by atoms with Gasteiger partial charge in [0.2, 0.25) is 0 Å². The van der Waals surface area contributed by atoms with E-state index in [4.69, 9.17) is 0 Å². The lowest BCUT2D eigenvalue weighted by atomic mass is 10.1. The van der Waals surface area contributed by atoms with Gasteiger partial charge < -0.3 is 4.98 Å². The minimum atomic E-state index is 0.937. The van der Waals surface area contributed by atoms with Crippen LogP contribution in [0, 0.1) is 0 Å². The van der Waals surface area contributed by atoms with E-state index in [-0.39, 0.29) is 0 Å². The summed E-state index contributed by atoms with van der Waals surface area (Å²) in [5, 5.41) is 1.22. The van der Waals surface area contributed by atoms with Gasteiger partial charge >= 0.3 is 0 Å². The van der Waals surface area contributed by atoms with Crippen LogP contribution in [0.5, 0.6) is 0 Å². The fraction of sp³-hybridized carbons (Fsp3) is 0. The van der Waals surface area contributed by atoms with Crippen LogP contribution >= 0.6 is 11.7 Å². The van der Waals surface area contributed by atoms with Crippen molar-refractivity contribution in [2.75, 3.05) is 0 Å². The van der Waals surface area contributed by atoms with Gasteiger partial charge in [0.05, 0.1) is 17.9 Å². The average Bonchev–Trinajstić information content (AvgIpc) is 2.88. The van der Waals surface area contributed by atoms with E-state index < -0.39 is 0 Å². The molecule has 0 aliphatic carbocycles. The van der Waals surface area contributed by atoms with Gasteiger partial charge in [-0.15, -0.1) is 0 Å². The van der Waals surface area contributed by atoms with Gasteiger partial charge in [0.15, 0.2) is 0 Å². The van der Waals surface area contributed by atoms with E-state index in [1.807, 2.05) is 6.20 Å². The van der Waals surface area contributed by atoms with Crippen LogP contribution < -0.4 is 0 Å². The molecule has 3 rings (SSSR count). The van der Waals surface area contributed by atoms with Crippen LogP contribution in [0.3, 0.4) is 0 Å².